The van der Waals surface area contributed by atoms with Crippen molar-refractivity contribution in [3.8, 4) is 17.0 Å². The number of nitrogen functional groups attached to an aromatic ring is 1. The van der Waals surface area contributed by atoms with Gasteiger partial charge in [-0.15, -0.1) is 0 Å². The molecule has 1 saturated heterocycles. The number of hydrogen-bond donors (Lipinski definition) is 4. The Morgan fingerprint density at radius 1 is 1.16 bits per heavy atom. The van der Waals surface area contributed by atoms with Crippen LogP contribution in [0.15, 0.2) is 49.1 Å². The van der Waals surface area contributed by atoms with E-state index in [1.165, 1.54) is 6.33 Å². The molecule has 37 heavy (non-hydrogen) atoms. The second-order valence-corrected chi connectivity index (χ2v) is 8.81. The fourth-order valence-electron chi connectivity index (χ4n) is 4.57. The fourth-order valence-corrected chi connectivity index (χ4v) is 4.57. The van der Waals surface area contributed by atoms with Crippen LogP contribution >= 0.6 is 0 Å². The van der Waals surface area contributed by atoms with Crippen LogP contribution in [0.1, 0.15) is 11.8 Å². The lowest BCUT2D eigenvalue weighted by molar-refractivity contribution is -0.0187. The maximum Gasteiger partial charge on any atom is 0.222 e. The van der Waals surface area contributed by atoms with Crippen LogP contribution in [0.5, 0.6) is 5.75 Å². The number of aryl methyl sites for hydroxylation is 1. The van der Waals surface area contributed by atoms with E-state index < -0.39 is 24.4 Å². The zero-order valence-corrected chi connectivity index (χ0v) is 20.1. The van der Waals surface area contributed by atoms with Crippen molar-refractivity contribution in [1.82, 2.24) is 34.3 Å². The van der Waals surface area contributed by atoms with E-state index in [-0.39, 0.29) is 12.4 Å². The molecular formula is C24H25N9O4. The second kappa shape index (κ2) is 8.96. The number of aromatic nitrogens is 7. The van der Waals surface area contributed by atoms with Gasteiger partial charge in [0.05, 0.1) is 16.9 Å². The predicted octanol–water partition coefficient (Wildman–Crippen LogP) is 0.938. The molecule has 0 spiro atoms. The minimum Gasteiger partial charge on any atom is -0.491 e. The Labute approximate surface area is 210 Å². The number of benzene rings is 1. The molecule has 0 saturated carbocycles. The van der Waals surface area contributed by atoms with Gasteiger partial charge in [0.2, 0.25) is 5.95 Å². The van der Waals surface area contributed by atoms with Crippen molar-refractivity contribution < 1.29 is 19.7 Å². The van der Waals surface area contributed by atoms with E-state index in [2.05, 4.69) is 30.5 Å². The summed E-state index contributed by atoms with van der Waals surface area (Å²) in [5.41, 5.74) is 9.31. The average molecular weight is 504 g/mol. The molecule has 0 unspecified atom stereocenters. The van der Waals surface area contributed by atoms with E-state index in [0.29, 0.717) is 39.7 Å². The number of nitrogens with zero attached hydrogens (tertiary/aromatic N) is 7. The highest BCUT2D eigenvalue weighted by Gasteiger charge is 2.45. The molecule has 4 aromatic heterocycles. The van der Waals surface area contributed by atoms with Crippen molar-refractivity contribution in [3.63, 3.8) is 0 Å². The van der Waals surface area contributed by atoms with E-state index in [9.17, 15) is 10.2 Å². The van der Waals surface area contributed by atoms with Crippen LogP contribution in [0.3, 0.4) is 0 Å². The number of ether oxygens (including phenoxy) is 2. The summed E-state index contributed by atoms with van der Waals surface area (Å²) in [6.07, 6.45) is 0.778. The fraction of sp³-hybridized carbons (Fsp3) is 0.292. The number of rotatable bonds is 6. The van der Waals surface area contributed by atoms with Gasteiger partial charge in [-0.2, -0.15) is 10.2 Å². The first-order chi connectivity index (χ1) is 17.9. The first kappa shape index (κ1) is 23.1. The largest absolute Gasteiger partial charge is 0.491 e. The molecule has 5 heterocycles. The predicted molar refractivity (Wildman–Crippen MR) is 134 cm³/mol. The van der Waals surface area contributed by atoms with Gasteiger partial charge in [-0.05, 0) is 24.3 Å². The number of nitrogens with one attached hydrogen (secondary N) is 1. The van der Waals surface area contributed by atoms with Crippen LogP contribution in [-0.4, -0.2) is 76.5 Å². The Morgan fingerprint density at radius 2 is 2.03 bits per heavy atom. The second-order valence-electron chi connectivity index (χ2n) is 8.81. The van der Waals surface area contributed by atoms with E-state index in [0.717, 1.165) is 5.39 Å². The summed E-state index contributed by atoms with van der Waals surface area (Å²) in [6.45, 7) is 0.0116. The third-order valence-electron chi connectivity index (χ3n) is 6.45. The van der Waals surface area contributed by atoms with Crippen molar-refractivity contribution in [2.45, 2.75) is 24.4 Å². The van der Waals surface area contributed by atoms with Gasteiger partial charge >= 0.3 is 0 Å². The zero-order valence-electron chi connectivity index (χ0n) is 20.1. The Balaban J connectivity index is 1.27. The molecule has 6 rings (SSSR count). The summed E-state index contributed by atoms with van der Waals surface area (Å²) in [6, 6.07) is 9.07. The van der Waals surface area contributed by atoms with E-state index >= 15 is 0 Å². The van der Waals surface area contributed by atoms with Gasteiger partial charge < -0.3 is 30.7 Å². The van der Waals surface area contributed by atoms with Crippen LogP contribution in [0.25, 0.3) is 27.7 Å². The summed E-state index contributed by atoms with van der Waals surface area (Å²) in [4.78, 5) is 12.7. The number of fused-ring (bicyclic) bond motifs is 2. The lowest BCUT2D eigenvalue weighted by Gasteiger charge is -2.16. The minimum absolute atomic E-state index is 0.0116. The van der Waals surface area contributed by atoms with Gasteiger partial charge in [0.25, 0.3) is 0 Å². The monoisotopic (exact) mass is 503 g/mol. The van der Waals surface area contributed by atoms with Crippen molar-refractivity contribution in [2.24, 2.45) is 7.05 Å². The molecule has 5 aromatic rings. The average Bonchev–Trinajstić information content (AvgIpc) is 3.59. The first-order valence-electron chi connectivity index (χ1n) is 11.6. The van der Waals surface area contributed by atoms with Crippen molar-refractivity contribution in [1.29, 1.82) is 0 Å². The topological polar surface area (TPSA) is 171 Å². The highest BCUT2D eigenvalue weighted by Crippen LogP contribution is 2.38. The highest BCUT2D eigenvalue weighted by molar-refractivity contribution is 5.87. The zero-order chi connectivity index (χ0) is 25.7. The number of aliphatic hydroxyl groups excluding tert-OH is 2. The first-order valence-corrected chi connectivity index (χ1v) is 11.6. The van der Waals surface area contributed by atoms with Gasteiger partial charge in [-0.1, -0.05) is 0 Å². The summed E-state index contributed by atoms with van der Waals surface area (Å²) in [5.74, 6) is 1.31. The molecule has 0 aliphatic carbocycles. The van der Waals surface area contributed by atoms with Crippen molar-refractivity contribution in [2.75, 3.05) is 24.7 Å². The molecule has 190 valence electrons. The summed E-state index contributed by atoms with van der Waals surface area (Å²) in [5, 5.41) is 34.3. The third-order valence-corrected chi connectivity index (χ3v) is 6.45. The molecule has 4 atom stereocenters. The maximum absolute atomic E-state index is 10.9. The Kier molecular flexibility index (Phi) is 5.59. The van der Waals surface area contributed by atoms with Gasteiger partial charge in [0, 0.05) is 43.5 Å². The summed E-state index contributed by atoms with van der Waals surface area (Å²) in [7, 11) is 3.56. The Morgan fingerprint density at radius 3 is 2.81 bits per heavy atom. The molecule has 5 N–H and O–H groups in total. The third kappa shape index (κ3) is 3.98. The van der Waals surface area contributed by atoms with E-state index in [1.807, 2.05) is 25.4 Å². The van der Waals surface area contributed by atoms with Gasteiger partial charge in [0.15, 0.2) is 5.82 Å². The molecule has 1 aromatic carbocycles. The lowest BCUT2D eigenvalue weighted by atomic mass is 10.1. The van der Waals surface area contributed by atoms with E-state index in [1.54, 1.807) is 40.6 Å². The minimum atomic E-state index is -1.22. The summed E-state index contributed by atoms with van der Waals surface area (Å²) < 4.78 is 15.3. The molecule has 0 radical (unpaired) electrons. The molecule has 0 amide bonds. The number of hydrogen-bond acceptors (Lipinski definition) is 11. The van der Waals surface area contributed by atoms with Gasteiger partial charge in [0.1, 0.15) is 48.6 Å². The van der Waals surface area contributed by atoms with Crippen LogP contribution in [0.2, 0.25) is 0 Å². The van der Waals surface area contributed by atoms with E-state index in [4.69, 9.17) is 15.2 Å². The smallest absolute Gasteiger partial charge is 0.222 e. The maximum atomic E-state index is 10.9. The summed E-state index contributed by atoms with van der Waals surface area (Å²) >= 11 is 0. The normalized spacial score (nSPS) is 21.6. The number of nitrogens with two attached hydrogens (primary N) is 1. The van der Waals surface area contributed by atoms with Crippen LogP contribution < -0.4 is 15.8 Å². The molecule has 1 aliphatic rings. The number of anilines is 2. The Hall–Kier alpha value is -4.33. The number of aliphatic hydroxyl groups is 2. The molecular weight excluding hydrogens is 478 g/mol. The van der Waals surface area contributed by atoms with Crippen molar-refractivity contribution >= 4 is 28.2 Å². The van der Waals surface area contributed by atoms with Crippen LogP contribution in [0, 0.1) is 0 Å². The quantitative estimate of drug-likeness (QED) is 0.260. The molecule has 13 heteroatoms. The molecule has 1 aliphatic heterocycles. The lowest BCUT2D eigenvalue weighted by Crippen LogP contribution is -2.34. The Bertz CT molecular complexity index is 1600. The standard InChI is InChI=1S/C24H25N9O4/c1-26-24-27-9-12-3-4-13(7-16(12)30-24)36-10-18-20(34)21(35)22(37-18)17-8-14(15-5-6-32(2)31-15)19-23(25)28-11-29-33(17)19/h3-9,11,18,20-22,34-35H,10H2,1-2H3,(H2,25,28,29)(H,26,27,30)/t18-,20-,21-,22+/m1/s1. The molecule has 1 fully saturated rings. The highest BCUT2D eigenvalue weighted by atomic mass is 16.6. The molecule has 0 bridgehead atoms. The SMILES string of the molecule is CNc1ncc2ccc(OC[C@H]3O[C@@H](c4cc(-c5ccn(C)n5)c5c(N)ncnn45)[C@H](O)[C@@H]3O)cc2n1. The van der Waals surface area contributed by atoms with Crippen molar-refractivity contribution in [3.05, 3.63) is 54.7 Å². The van der Waals surface area contributed by atoms with Crippen LogP contribution in [-0.2, 0) is 11.8 Å². The van der Waals surface area contributed by atoms with Gasteiger partial charge in [-0.3, -0.25) is 4.68 Å². The molecule has 13 nitrogen and oxygen atoms in total. The van der Waals surface area contributed by atoms with Crippen LogP contribution in [0.4, 0.5) is 11.8 Å². The van der Waals surface area contributed by atoms with Gasteiger partial charge in [-0.25, -0.2) is 19.5 Å².